The van der Waals surface area contributed by atoms with Gasteiger partial charge in [-0.05, 0) is 49.4 Å². The molecule has 1 N–H and O–H groups in total. The quantitative estimate of drug-likeness (QED) is 0.868. The number of ether oxygens (including phenoxy) is 2. The number of carboxylic acid groups (broad SMARTS) is 1. The second-order valence-electron chi connectivity index (χ2n) is 5.61. The zero-order valence-electron chi connectivity index (χ0n) is 13.6. The van der Waals surface area contributed by atoms with Crippen molar-refractivity contribution in [2.45, 2.75) is 38.1 Å². The Bertz CT molecular complexity index is 572. The first-order valence-electron chi connectivity index (χ1n) is 7.80. The Morgan fingerprint density at radius 1 is 1.26 bits per heavy atom. The Morgan fingerprint density at radius 3 is 2.70 bits per heavy atom. The minimum atomic E-state index is -0.919. The maximum absolute atomic E-state index is 12.4. The van der Waals surface area contributed by atoms with Crippen molar-refractivity contribution in [2.24, 2.45) is 0 Å². The van der Waals surface area contributed by atoms with Crippen LogP contribution in [0.5, 0.6) is 11.5 Å². The van der Waals surface area contributed by atoms with Crippen LogP contribution in [0.2, 0.25) is 0 Å². The molecule has 0 spiro atoms. The summed E-state index contributed by atoms with van der Waals surface area (Å²) < 4.78 is 10.5. The number of rotatable bonds is 6. The SMILES string of the molecule is COc1ccc(OC)c(CCC(=O)N2CCCC[C@@H]2C(=O)O)c1. The van der Waals surface area contributed by atoms with Crippen molar-refractivity contribution in [2.75, 3.05) is 20.8 Å². The van der Waals surface area contributed by atoms with E-state index >= 15 is 0 Å². The first-order valence-corrected chi connectivity index (χ1v) is 7.80. The van der Waals surface area contributed by atoms with E-state index in [1.807, 2.05) is 6.07 Å². The average molecular weight is 321 g/mol. The van der Waals surface area contributed by atoms with E-state index in [2.05, 4.69) is 0 Å². The predicted molar refractivity (Wildman–Crippen MR) is 84.9 cm³/mol. The van der Waals surface area contributed by atoms with Gasteiger partial charge in [-0.1, -0.05) is 0 Å². The number of piperidine rings is 1. The second kappa shape index (κ2) is 7.85. The predicted octanol–water partition coefficient (Wildman–Crippen LogP) is 2.10. The molecule has 2 rings (SSSR count). The van der Waals surface area contributed by atoms with Gasteiger partial charge in [0.2, 0.25) is 5.91 Å². The maximum atomic E-state index is 12.4. The van der Waals surface area contributed by atoms with Crippen molar-refractivity contribution < 1.29 is 24.2 Å². The van der Waals surface area contributed by atoms with Gasteiger partial charge in [-0.25, -0.2) is 4.79 Å². The van der Waals surface area contributed by atoms with E-state index < -0.39 is 12.0 Å². The van der Waals surface area contributed by atoms with Gasteiger partial charge in [0.15, 0.2) is 0 Å². The zero-order valence-corrected chi connectivity index (χ0v) is 13.6. The Morgan fingerprint density at radius 2 is 2.04 bits per heavy atom. The molecule has 0 saturated carbocycles. The molecule has 1 aromatic rings. The number of amides is 1. The molecular formula is C17H23NO5. The highest BCUT2D eigenvalue weighted by atomic mass is 16.5. The summed E-state index contributed by atoms with van der Waals surface area (Å²) in [5.41, 5.74) is 0.879. The molecule has 1 saturated heterocycles. The van der Waals surface area contributed by atoms with Crippen molar-refractivity contribution in [1.82, 2.24) is 4.90 Å². The Labute approximate surface area is 136 Å². The third-order valence-corrected chi connectivity index (χ3v) is 4.20. The molecule has 1 fully saturated rings. The number of aryl methyl sites for hydroxylation is 1. The van der Waals surface area contributed by atoms with E-state index in [1.54, 1.807) is 26.4 Å². The topological polar surface area (TPSA) is 76.1 Å². The zero-order chi connectivity index (χ0) is 16.8. The van der Waals surface area contributed by atoms with Crippen LogP contribution >= 0.6 is 0 Å². The second-order valence-corrected chi connectivity index (χ2v) is 5.61. The highest BCUT2D eigenvalue weighted by Crippen LogP contribution is 2.26. The van der Waals surface area contributed by atoms with Crippen LogP contribution in [0.3, 0.4) is 0 Å². The highest BCUT2D eigenvalue weighted by molar-refractivity contribution is 5.84. The third-order valence-electron chi connectivity index (χ3n) is 4.20. The summed E-state index contributed by atoms with van der Waals surface area (Å²) in [4.78, 5) is 25.2. The summed E-state index contributed by atoms with van der Waals surface area (Å²) >= 11 is 0. The lowest BCUT2D eigenvalue weighted by Gasteiger charge is -2.33. The van der Waals surface area contributed by atoms with Gasteiger partial charge in [-0.3, -0.25) is 4.79 Å². The number of nitrogens with zero attached hydrogens (tertiary/aromatic N) is 1. The molecule has 1 aromatic carbocycles. The van der Waals surface area contributed by atoms with E-state index in [4.69, 9.17) is 9.47 Å². The molecule has 1 heterocycles. The Kier molecular flexibility index (Phi) is 5.84. The number of carboxylic acids is 1. The van der Waals surface area contributed by atoms with E-state index in [1.165, 1.54) is 4.90 Å². The number of carbonyl (C=O) groups excluding carboxylic acids is 1. The van der Waals surface area contributed by atoms with Crippen LogP contribution in [0, 0.1) is 0 Å². The fraction of sp³-hybridized carbons (Fsp3) is 0.529. The Hall–Kier alpha value is -2.24. The first kappa shape index (κ1) is 17.1. The maximum Gasteiger partial charge on any atom is 0.326 e. The monoisotopic (exact) mass is 321 g/mol. The summed E-state index contributed by atoms with van der Waals surface area (Å²) in [6.45, 7) is 0.519. The molecule has 0 bridgehead atoms. The van der Waals surface area contributed by atoms with Crippen LogP contribution in [0.25, 0.3) is 0 Å². The minimum absolute atomic E-state index is 0.123. The van der Waals surface area contributed by atoms with Crippen LogP contribution in [0.4, 0.5) is 0 Å². The van der Waals surface area contributed by atoms with Crippen LogP contribution in [0.15, 0.2) is 18.2 Å². The number of benzene rings is 1. The normalized spacial score (nSPS) is 17.7. The summed E-state index contributed by atoms with van der Waals surface area (Å²) in [5.74, 6) is 0.362. The molecule has 126 valence electrons. The number of likely N-dealkylation sites (tertiary alicyclic amines) is 1. The van der Waals surface area contributed by atoms with Gasteiger partial charge in [-0.15, -0.1) is 0 Å². The highest BCUT2D eigenvalue weighted by Gasteiger charge is 2.31. The van der Waals surface area contributed by atoms with E-state index in [-0.39, 0.29) is 12.3 Å². The summed E-state index contributed by atoms with van der Waals surface area (Å²) in [5, 5.41) is 9.26. The van der Waals surface area contributed by atoms with Crippen LogP contribution in [0.1, 0.15) is 31.2 Å². The molecule has 0 aromatic heterocycles. The minimum Gasteiger partial charge on any atom is -0.497 e. The lowest BCUT2D eigenvalue weighted by Crippen LogP contribution is -2.48. The molecule has 0 radical (unpaired) electrons. The van der Waals surface area contributed by atoms with Gasteiger partial charge in [-0.2, -0.15) is 0 Å². The summed E-state index contributed by atoms with van der Waals surface area (Å²) in [7, 11) is 3.17. The number of methoxy groups -OCH3 is 2. The van der Waals surface area contributed by atoms with E-state index in [9.17, 15) is 14.7 Å². The number of hydrogen-bond acceptors (Lipinski definition) is 4. The van der Waals surface area contributed by atoms with E-state index in [0.717, 1.165) is 18.4 Å². The van der Waals surface area contributed by atoms with Crippen molar-refractivity contribution in [1.29, 1.82) is 0 Å². The lowest BCUT2D eigenvalue weighted by molar-refractivity contribution is -0.152. The molecule has 23 heavy (non-hydrogen) atoms. The fourth-order valence-corrected chi connectivity index (χ4v) is 2.95. The van der Waals surface area contributed by atoms with Gasteiger partial charge in [0.25, 0.3) is 0 Å². The molecule has 0 aliphatic carbocycles. The summed E-state index contributed by atoms with van der Waals surface area (Å²) in [6, 6.07) is 4.76. The third kappa shape index (κ3) is 4.15. The Balaban J connectivity index is 2.04. The first-order chi connectivity index (χ1) is 11.1. The van der Waals surface area contributed by atoms with Gasteiger partial charge < -0.3 is 19.5 Å². The molecule has 1 aliphatic heterocycles. The summed E-state index contributed by atoms with van der Waals surface area (Å²) in [6.07, 6.45) is 2.99. The molecule has 0 unspecified atom stereocenters. The van der Waals surface area contributed by atoms with Crippen LogP contribution < -0.4 is 9.47 Å². The smallest absolute Gasteiger partial charge is 0.326 e. The van der Waals surface area contributed by atoms with Crippen LogP contribution in [-0.2, 0) is 16.0 Å². The van der Waals surface area contributed by atoms with Gasteiger partial charge in [0.05, 0.1) is 14.2 Å². The van der Waals surface area contributed by atoms with Gasteiger partial charge in [0, 0.05) is 13.0 Å². The lowest BCUT2D eigenvalue weighted by atomic mass is 10.0. The number of carbonyl (C=O) groups is 2. The number of aliphatic carboxylic acids is 1. The largest absolute Gasteiger partial charge is 0.497 e. The molecule has 1 atom stereocenters. The van der Waals surface area contributed by atoms with Crippen molar-refractivity contribution in [3.63, 3.8) is 0 Å². The fourth-order valence-electron chi connectivity index (χ4n) is 2.95. The van der Waals surface area contributed by atoms with Crippen molar-refractivity contribution in [3.8, 4) is 11.5 Å². The standard InChI is InChI=1S/C17H23NO5/c1-22-13-7-8-15(23-2)12(11-13)6-9-16(19)18-10-4-3-5-14(18)17(20)21/h7-8,11,14H,3-6,9-10H2,1-2H3,(H,20,21)/t14-/m1/s1. The molecule has 1 amide bonds. The molecular weight excluding hydrogens is 298 g/mol. The van der Waals surface area contributed by atoms with Crippen molar-refractivity contribution >= 4 is 11.9 Å². The molecule has 1 aliphatic rings. The van der Waals surface area contributed by atoms with Gasteiger partial charge in [0.1, 0.15) is 17.5 Å². The molecule has 6 nitrogen and oxygen atoms in total. The van der Waals surface area contributed by atoms with Gasteiger partial charge >= 0.3 is 5.97 Å². The molecule has 6 heteroatoms. The average Bonchev–Trinajstić information content (AvgIpc) is 2.59. The van der Waals surface area contributed by atoms with E-state index in [0.29, 0.717) is 30.9 Å². The number of hydrogen-bond donors (Lipinski definition) is 1. The van der Waals surface area contributed by atoms with Crippen LogP contribution in [-0.4, -0.2) is 48.7 Å². The van der Waals surface area contributed by atoms with Crippen molar-refractivity contribution in [3.05, 3.63) is 23.8 Å².